The van der Waals surface area contributed by atoms with Crippen molar-refractivity contribution in [1.29, 1.82) is 0 Å². The molecule has 0 aliphatic carbocycles. The molecule has 2 N–H and O–H groups in total. The highest BCUT2D eigenvalue weighted by Crippen LogP contribution is 2.15. The Morgan fingerprint density at radius 2 is 1.76 bits per heavy atom. The molecule has 2 rings (SSSR count). The van der Waals surface area contributed by atoms with E-state index in [-0.39, 0.29) is 24.5 Å². The zero-order chi connectivity index (χ0) is 15.2. The highest BCUT2D eigenvalue weighted by Gasteiger charge is 2.10. The summed E-state index contributed by atoms with van der Waals surface area (Å²) in [6.07, 6.45) is -0.216. The van der Waals surface area contributed by atoms with Crippen LogP contribution >= 0.6 is 11.3 Å². The molecule has 6 heteroatoms. The summed E-state index contributed by atoms with van der Waals surface area (Å²) in [6, 6.07) is 9.93. The Balaban J connectivity index is 1.97. The van der Waals surface area contributed by atoms with Crippen LogP contribution in [0.3, 0.4) is 0 Å². The first-order valence-electron chi connectivity index (χ1n) is 6.26. The topological polar surface area (TPSA) is 83.5 Å². The number of thiophene rings is 1. The highest BCUT2D eigenvalue weighted by molar-refractivity contribution is 7.12. The van der Waals surface area contributed by atoms with Gasteiger partial charge in [0.15, 0.2) is 5.78 Å². The van der Waals surface area contributed by atoms with E-state index in [0.29, 0.717) is 16.1 Å². The van der Waals surface area contributed by atoms with Gasteiger partial charge in [0.2, 0.25) is 0 Å². The first kappa shape index (κ1) is 14.9. The summed E-state index contributed by atoms with van der Waals surface area (Å²) >= 11 is 1.35. The molecule has 0 radical (unpaired) electrons. The van der Waals surface area contributed by atoms with Crippen LogP contribution in [0.1, 0.15) is 32.9 Å². The Morgan fingerprint density at radius 1 is 1.05 bits per heavy atom. The minimum absolute atomic E-state index is 0.0315. The molecule has 0 aliphatic rings. The molecule has 0 saturated carbocycles. The summed E-state index contributed by atoms with van der Waals surface area (Å²) in [5.41, 5.74) is 1.02. The van der Waals surface area contributed by atoms with Crippen molar-refractivity contribution in [1.82, 2.24) is 0 Å². The van der Waals surface area contributed by atoms with Gasteiger partial charge in [-0.05, 0) is 35.7 Å². The Bertz CT molecular complexity index is 647. The lowest BCUT2D eigenvalue weighted by Gasteiger charge is -2.05. The van der Waals surface area contributed by atoms with Crippen molar-refractivity contribution >= 4 is 34.7 Å². The lowest BCUT2D eigenvalue weighted by Crippen LogP contribution is -2.10. The number of carboxylic acid groups (broad SMARTS) is 1. The third-order valence-corrected chi connectivity index (χ3v) is 3.64. The van der Waals surface area contributed by atoms with E-state index in [1.165, 1.54) is 11.3 Å². The standard InChI is InChI=1S/C15H13NO4S/c17-12(7-8-14(18)19)10-3-5-11(6-4-10)16-15(20)13-2-1-9-21-13/h1-6,9H,7-8H2,(H,16,20)(H,18,19). The molecular formula is C15H13NO4S. The second-order valence-corrected chi connectivity index (χ2v) is 5.27. The molecule has 0 unspecified atom stereocenters. The number of hydrogen-bond acceptors (Lipinski definition) is 4. The van der Waals surface area contributed by atoms with Crippen LogP contribution in [0.5, 0.6) is 0 Å². The van der Waals surface area contributed by atoms with Crippen LogP contribution in [-0.2, 0) is 4.79 Å². The Hall–Kier alpha value is -2.47. The third-order valence-electron chi connectivity index (χ3n) is 2.78. The largest absolute Gasteiger partial charge is 0.481 e. The predicted molar refractivity (Wildman–Crippen MR) is 79.9 cm³/mol. The smallest absolute Gasteiger partial charge is 0.303 e. The molecule has 1 aromatic heterocycles. The molecule has 0 bridgehead atoms. The van der Waals surface area contributed by atoms with Gasteiger partial charge < -0.3 is 10.4 Å². The third kappa shape index (κ3) is 4.25. The number of nitrogens with one attached hydrogen (secondary N) is 1. The van der Waals surface area contributed by atoms with Crippen molar-refractivity contribution in [3.05, 3.63) is 52.2 Å². The quantitative estimate of drug-likeness (QED) is 0.803. The molecule has 2 aromatic rings. The van der Waals surface area contributed by atoms with Crippen LogP contribution in [0.15, 0.2) is 41.8 Å². The number of carbonyl (C=O) groups excluding carboxylic acids is 2. The van der Waals surface area contributed by atoms with E-state index in [0.717, 1.165) is 0 Å². The summed E-state index contributed by atoms with van der Waals surface area (Å²) in [5.74, 6) is -1.42. The predicted octanol–water partition coefficient (Wildman–Crippen LogP) is 3.05. The lowest BCUT2D eigenvalue weighted by molar-refractivity contribution is -0.136. The number of aliphatic carboxylic acids is 1. The molecule has 1 amide bonds. The number of carbonyl (C=O) groups is 3. The molecule has 0 atom stereocenters. The monoisotopic (exact) mass is 303 g/mol. The van der Waals surface area contributed by atoms with Gasteiger partial charge in [-0.25, -0.2) is 0 Å². The van der Waals surface area contributed by atoms with Crippen molar-refractivity contribution in [2.75, 3.05) is 5.32 Å². The van der Waals surface area contributed by atoms with Gasteiger partial charge in [0.1, 0.15) is 0 Å². The minimum atomic E-state index is -0.997. The SMILES string of the molecule is O=C(O)CCC(=O)c1ccc(NC(=O)c2cccs2)cc1. The van der Waals surface area contributed by atoms with Crippen molar-refractivity contribution in [3.8, 4) is 0 Å². The average molecular weight is 303 g/mol. The van der Waals surface area contributed by atoms with Crippen LogP contribution in [0.4, 0.5) is 5.69 Å². The average Bonchev–Trinajstić information content (AvgIpc) is 3.00. The number of anilines is 1. The molecule has 108 valence electrons. The molecule has 5 nitrogen and oxygen atoms in total. The first-order valence-corrected chi connectivity index (χ1v) is 7.14. The van der Waals surface area contributed by atoms with Crippen LogP contribution in [-0.4, -0.2) is 22.8 Å². The van der Waals surface area contributed by atoms with Gasteiger partial charge in [-0.1, -0.05) is 6.07 Å². The van der Waals surface area contributed by atoms with Gasteiger partial charge in [0, 0.05) is 17.7 Å². The highest BCUT2D eigenvalue weighted by atomic mass is 32.1. The fraction of sp³-hybridized carbons (Fsp3) is 0.133. The van der Waals surface area contributed by atoms with Gasteiger partial charge in [-0.15, -0.1) is 11.3 Å². The fourth-order valence-electron chi connectivity index (χ4n) is 1.70. The molecule has 21 heavy (non-hydrogen) atoms. The molecule has 1 heterocycles. The molecule has 0 spiro atoms. The van der Waals surface area contributed by atoms with E-state index in [1.54, 1.807) is 36.4 Å². The summed E-state index contributed by atoms with van der Waals surface area (Å²) < 4.78 is 0. The van der Waals surface area contributed by atoms with Gasteiger partial charge in [-0.2, -0.15) is 0 Å². The lowest BCUT2D eigenvalue weighted by atomic mass is 10.1. The van der Waals surface area contributed by atoms with Gasteiger partial charge in [-0.3, -0.25) is 14.4 Å². The van der Waals surface area contributed by atoms with E-state index in [4.69, 9.17) is 5.11 Å². The molecular weight excluding hydrogens is 290 g/mol. The summed E-state index contributed by atoms with van der Waals surface area (Å²) in [7, 11) is 0. The first-order chi connectivity index (χ1) is 10.1. The molecule has 0 fully saturated rings. The zero-order valence-corrected chi connectivity index (χ0v) is 11.9. The normalized spacial score (nSPS) is 10.1. The van der Waals surface area contributed by atoms with Crippen molar-refractivity contribution in [2.45, 2.75) is 12.8 Å². The molecule has 1 aromatic carbocycles. The molecule has 0 saturated heterocycles. The van der Waals surface area contributed by atoms with E-state index in [2.05, 4.69) is 5.32 Å². The van der Waals surface area contributed by atoms with Crippen molar-refractivity contribution in [2.24, 2.45) is 0 Å². The van der Waals surface area contributed by atoms with Crippen LogP contribution in [0, 0.1) is 0 Å². The summed E-state index contributed by atoms with van der Waals surface area (Å²) in [4.78, 5) is 34.6. The van der Waals surface area contributed by atoms with E-state index < -0.39 is 5.97 Å². The number of hydrogen-bond donors (Lipinski definition) is 2. The maximum absolute atomic E-state index is 11.8. The van der Waals surface area contributed by atoms with Gasteiger partial charge >= 0.3 is 5.97 Å². The maximum Gasteiger partial charge on any atom is 0.303 e. The number of benzene rings is 1. The Morgan fingerprint density at radius 3 is 2.33 bits per heavy atom. The number of Topliss-reactive ketones (excluding diaryl/α,β-unsaturated/α-hetero) is 1. The summed E-state index contributed by atoms with van der Waals surface area (Å²) in [5, 5.41) is 13.1. The second-order valence-electron chi connectivity index (χ2n) is 4.33. The Labute approximate surface area is 125 Å². The van der Waals surface area contributed by atoms with Gasteiger partial charge in [0.05, 0.1) is 11.3 Å². The van der Waals surface area contributed by atoms with Crippen LogP contribution in [0.25, 0.3) is 0 Å². The number of amides is 1. The fourth-order valence-corrected chi connectivity index (χ4v) is 2.32. The van der Waals surface area contributed by atoms with Crippen molar-refractivity contribution in [3.63, 3.8) is 0 Å². The van der Waals surface area contributed by atoms with E-state index in [9.17, 15) is 14.4 Å². The minimum Gasteiger partial charge on any atom is -0.481 e. The number of carboxylic acids is 1. The second kappa shape index (κ2) is 6.81. The van der Waals surface area contributed by atoms with E-state index >= 15 is 0 Å². The molecule has 0 aliphatic heterocycles. The maximum atomic E-state index is 11.8. The van der Waals surface area contributed by atoms with E-state index in [1.807, 2.05) is 5.38 Å². The van der Waals surface area contributed by atoms with Crippen LogP contribution < -0.4 is 5.32 Å². The van der Waals surface area contributed by atoms with Crippen molar-refractivity contribution < 1.29 is 19.5 Å². The summed E-state index contributed by atoms with van der Waals surface area (Å²) in [6.45, 7) is 0. The van der Waals surface area contributed by atoms with Crippen LogP contribution in [0.2, 0.25) is 0 Å². The van der Waals surface area contributed by atoms with Gasteiger partial charge in [0.25, 0.3) is 5.91 Å². The number of ketones is 1. The Kier molecular flexibility index (Phi) is 4.84. The number of rotatable bonds is 6. The zero-order valence-electron chi connectivity index (χ0n) is 11.0.